The van der Waals surface area contributed by atoms with Gasteiger partial charge in [-0.15, -0.1) is 0 Å². The van der Waals surface area contributed by atoms with Crippen molar-refractivity contribution in [2.24, 2.45) is 0 Å². The summed E-state index contributed by atoms with van der Waals surface area (Å²) in [4.78, 5) is 27.7. The Bertz CT molecular complexity index is 1110. The zero-order chi connectivity index (χ0) is 24.8. The minimum Gasteiger partial charge on any atom is -0.355 e. The van der Waals surface area contributed by atoms with Crippen molar-refractivity contribution in [2.75, 3.05) is 23.7 Å². The van der Waals surface area contributed by atoms with Gasteiger partial charge >= 0.3 is 0 Å². The zero-order valence-electron chi connectivity index (χ0n) is 19.1. The van der Waals surface area contributed by atoms with Crippen molar-refractivity contribution in [3.8, 4) is 0 Å². The van der Waals surface area contributed by atoms with Crippen LogP contribution in [0.2, 0.25) is 10.0 Å². The normalized spacial score (nSPS) is 12.2. The summed E-state index contributed by atoms with van der Waals surface area (Å²) in [5.41, 5.74) is 1.71. The standard InChI is InChI=1S/C23H29Cl2N3O4S/c1-5-20(23(30)26-6-2)27(14-17-11-12-18(24)13-19(17)25)22(29)15-28(33(4,31)32)21-10-8-7-9-16(21)3/h7-13,20H,5-6,14-15H2,1-4H3,(H,26,30). The number of nitrogens with one attached hydrogen (secondary N) is 1. The highest BCUT2D eigenvalue weighted by Gasteiger charge is 2.32. The van der Waals surface area contributed by atoms with E-state index in [1.807, 2.05) is 0 Å². The minimum atomic E-state index is -3.78. The van der Waals surface area contributed by atoms with Crippen LogP contribution < -0.4 is 9.62 Å². The first-order chi connectivity index (χ1) is 15.5. The molecule has 0 aliphatic heterocycles. The molecule has 0 radical (unpaired) electrons. The van der Waals surface area contributed by atoms with Gasteiger partial charge in [-0.1, -0.05) is 54.4 Å². The van der Waals surface area contributed by atoms with Gasteiger partial charge in [0.2, 0.25) is 21.8 Å². The molecule has 0 aliphatic carbocycles. The van der Waals surface area contributed by atoms with Crippen molar-refractivity contribution in [3.63, 3.8) is 0 Å². The van der Waals surface area contributed by atoms with E-state index >= 15 is 0 Å². The molecule has 0 saturated carbocycles. The summed E-state index contributed by atoms with van der Waals surface area (Å²) in [5.74, 6) is -0.840. The van der Waals surface area contributed by atoms with Crippen molar-refractivity contribution in [1.82, 2.24) is 10.2 Å². The van der Waals surface area contributed by atoms with Crippen LogP contribution in [0, 0.1) is 6.92 Å². The number of anilines is 1. The number of hydrogen-bond donors (Lipinski definition) is 1. The number of para-hydroxylation sites is 1. The molecule has 1 N–H and O–H groups in total. The topological polar surface area (TPSA) is 86.8 Å². The SMILES string of the molecule is CCNC(=O)C(CC)N(Cc1ccc(Cl)cc1Cl)C(=O)CN(c1ccccc1C)S(C)(=O)=O. The maximum absolute atomic E-state index is 13.5. The third-order valence-corrected chi connectivity index (χ3v) is 6.87. The van der Waals surface area contributed by atoms with E-state index in [-0.39, 0.29) is 12.5 Å². The average molecular weight is 514 g/mol. The molecule has 0 aromatic heterocycles. The Kier molecular flexibility index (Phi) is 9.57. The van der Waals surface area contributed by atoms with Crippen molar-refractivity contribution < 1.29 is 18.0 Å². The molecule has 2 rings (SSSR count). The molecule has 33 heavy (non-hydrogen) atoms. The Hall–Kier alpha value is -2.29. The summed E-state index contributed by atoms with van der Waals surface area (Å²) in [6, 6.07) is 11.0. The smallest absolute Gasteiger partial charge is 0.244 e. The van der Waals surface area contributed by atoms with Crippen molar-refractivity contribution in [2.45, 2.75) is 39.8 Å². The predicted octanol–water partition coefficient (Wildman–Crippen LogP) is 4.01. The third kappa shape index (κ3) is 7.09. The lowest BCUT2D eigenvalue weighted by Crippen LogP contribution is -2.52. The molecule has 10 heteroatoms. The monoisotopic (exact) mass is 513 g/mol. The molecule has 2 aromatic carbocycles. The van der Waals surface area contributed by atoms with Gasteiger partial charge in [-0.05, 0) is 49.6 Å². The molecular weight excluding hydrogens is 485 g/mol. The zero-order valence-corrected chi connectivity index (χ0v) is 21.5. The minimum absolute atomic E-state index is 0.0237. The molecule has 1 unspecified atom stereocenters. The summed E-state index contributed by atoms with van der Waals surface area (Å²) in [5, 5.41) is 3.54. The van der Waals surface area contributed by atoms with E-state index in [4.69, 9.17) is 23.2 Å². The van der Waals surface area contributed by atoms with E-state index in [2.05, 4.69) is 5.32 Å². The Balaban J connectivity index is 2.48. The van der Waals surface area contributed by atoms with Gasteiger partial charge in [0.05, 0.1) is 11.9 Å². The van der Waals surface area contributed by atoms with E-state index < -0.39 is 28.5 Å². The Morgan fingerprint density at radius 1 is 1.09 bits per heavy atom. The van der Waals surface area contributed by atoms with Crippen LogP contribution in [0.15, 0.2) is 42.5 Å². The van der Waals surface area contributed by atoms with Crippen LogP contribution in [-0.4, -0.2) is 50.5 Å². The number of aryl methyl sites for hydroxylation is 1. The van der Waals surface area contributed by atoms with Crippen LogP contribution in [0.4, 0.5) is 5.69 Å². The number of hydrogen-bond acceptors (Lipinski definition) is 4. The fourth-order valence-corrected chi connectivity index (χ4v) is 4.86. The molecule has 0 aliphatic rings. The molecule has 1 atom stereocenters. The number of likely N-dealkylation sites (N-methyl/N-ethyl adjacent to an activating group) is 1. The van der Waals surface area contributed by atoms with Gasteiger partial charge in [0.1, 0.15) is 12.6 Å². The second kappa shape index (κ2) is 11.7. The van der Waals surface area contributed by atoms with Crippen molar-refractivity contribution in [1.29, 1.82) is 0 Å². The van der Waals surface area contributed by atoms with Gasteiger partial charge in [-0.2, -0.15) is 0 Å². The van der Waals surface area contributed by atoms with Crippen LogP contribution in [0.3, 0.4) is 0 Å². The van der Waals surface area contributed by atoms with Crippen LogP contribution in [0.25, 0.3) is 0 Å². The molecule has 0 spiro atoms. The molecule has 0 saturated heterocycles. The number of sulfonamides is 1. The molecule has 180 valence electrons. The van der Waals surface area contributed by atoms with Crippen LogP contribution in [0.5, 0.6) is 0 Å². The number of halogens is 2. The lowest BCUT2D eigenvalue weighted by Gasteiger charge is -2.33. The van der Waals surface area contributed by atoms with Crippen LogP contribution in [0.1, 0.15) is 31.4 Å². The molecule has 7 nitrogen and oxygen atoms in total. The van der Waals surface area contributed by atoms with Crippen molar-refractivity contribution in [3.05, 3.63) is 63.6 Å². The summed E-state index contributed by atoms with van der Waals surface area (Å²) in [7, 11) is -3.78. The molecular formula is C23H29Cl2N3O4S. The highest BCUT2D eigenvalue weighted by molar-refractivity contribution is 7.92. The number of carbonyl (C=O) groups excluding carboxylic acids is 2. The first-order valence-electron chi connectivity index (χ1n) is 10.5. The highest BCUT2D eigenvalue weighted by atomic mass is 35.5. The van der Waals surface area contributed by atoms with Crippen LogP contribution in [-0.2, 0) is 26.2 Å². The number of nitrogens with zero attached hydrogens (tertiary/aromatic N) is 2. The van der Waals surface area contributed by atoms with Crippen molar-refractivity contribution >= 4 is 50.7 Å². The summed E-state index contributed by atoms with van der Waals surface area (Å²) < 4.78 is 26.3. The van der Waals surface area contributed by atoms with Gasteiger partial charge in [-0.3, -0.25) is 13.9 Å². The average Bonchev–Trinajstić information content (AvgIpc) is 2.73. The van der Waals surface area contributed by atoms with E-state index in [0.29, 0.717) is 39.8 Å². The summed E-state index contributed by atoms with van der Waals surface area (Å²) in [6.07, 6.45) is 1.39. The largest absolute Gasteiger partial charge is 0.355 e. The lowest BCUT2D eigenvalue weighted by atomic mass is 10.1. The maximum atomic E-state index is 13.5. The number of carbonyl (C=O) groups is 2. The number of rotatable bonds is 10. The van der Waals surface area contributed by atoms with Crippen LogP contribution >= 0.6 is 23.2 Å². The van der Waals surface area contributed by atoms with Gasteiger partial charge in [0.15, 0.2) is 0 Å². The van der Waals surface area contributed by atoms with Gasteiger partial charge in [-0.25, -0.2) is 8.42 Å². The predicted molar refractivity (Wildman–Crippen MR) is 133 cm³/mol. The second-order valence-electron chi connectivity index (χ2n) is 7.63. The molecule has 0 fully saturated rings. The van der Waals surface area contributed by atoms with E-state index in [9.17, 15) is 18.0 Å². The Labute approximate surface area is 205 Å². The third-order valence-electron chi connectivity index (χ3n) is 5.16. The van der Waals surface area contributed by atoms with E-state index in [1.54, 1.807) is 63.2 Å². The molecule has 0 heterocycles. The lowest BCUT2D eigenvalue weighted by molar-refractivity contribution is -0.140. The molecule has 2 amide bonds. The number of benzene rings is 2. The molecule has 0 bridgehead atoms. The van der Waals surface area contributed by atoms with E-state index in [0.717, 1.165) is 10.6 Å². The highest BCUT2D eigenvalue weighted by Crippen LogP contribution is 2.26. The van der Waals surface area contributed by atoms with Gasteiger partial charge < -0.3 is 10.2 Å². The fraction of sp³-hybridized carbons (Fsp3) is 0.391. The summed E-state index contributed by atoms with van der Waals surface area (Å²) in [6.45, 7) is 5.32. The van der Waals surface area contributed by atoms with Gasteiger partial charge in [0, 0.05) is 23.1 Å². The second-order valence-corrected chi connectivity index (χ2v) is 10.4. The number of amides is 2. The summed E-state index contributed by atoms with van der Waals surface area (Å²) >= 11 is 12.3. The maximum Gasteiger partial charge on any atom is 0.244 e. The Morgan fingerprint density at radius 2 is 1.76 bits per heavy atom. The first-order valence-corrected chi connectivity index (χ1v) is 13.1. The van der Waals surface area contributed by atoms with Gasteiger partial charge in [0.25, 0.3) is 0 Å². The quantitative estimate of drug-likeness (QED) is 0.519. The molecule has 2 aromatic rings. The first kappa shape index (κ1) is 27.0. The fourth-order valence-electron chi connectivity index (χ4n) is 3.48. The van der Waals surface area contributed by atoms with E-state index in [1.165, 1.54) is 4.90 Å². The Morgan fingerprint density at radius 3 is 2.30 bits per heavy atom.